The van der Waals surface area contributed by atoms with Crippen LogP contribution in [0.25, 0.3) is 0 Å². The quantitative estimate of drug-likeness (QED) is 0.498. The number of hydrogen-bond acceptors (Lipinski definition) is 0. The van der Waals surface area contributed by atoms with Crippen LogP contribution in [0.4, 0.5) is 0 Å². The molecule has 0 aromatic rings. The van der Waals surface area contributed by atoms with E-state index in [0.29, 0.717) is 0 Å². The van der Waals surface area contributed by atoms with Gasteiger partial charge in [-0.15, -0.1) is 0 Å². The zero-order valence-corrected chi connectivity index (χ0v) is 12.9. The SMILES string of the molecule is C1=C\C=C/C=C\C=C/1.[K].[K]. The van der Waals surface area contributed by atoms with Crippen LogP contribution in [-0.4, -0.2) is 103 Å². The molecule has 0 bridgehead atoms. The van der Waals surface area contributed by atoms with Gasteiger partial charge in [0.05, 0.1) is 0 Å². The molecule has 0 aromatic heterocycles. The molecule has 1 aliphatic carbocycles. The zero-order chi connectivity index (χ0) is 5.66. The van der Waals surface area contributed by atoms with Gasteiger partial charge in [0.25, 0.3) is 0 Å². The summed E-state index contributed by atoms with van der Waals surface area (Å²) < 4.78 is 0. The van der Waals surface area contributed by atoms with Crippen LogP contribution in [0.2, 0.25) is 0 Å². The van der Waals surface area contributed by atoms with Gasteiger partial charge in [0, 0.05) is 103 Å². The van der Waals surface area contributed by atoms with E-state index in [9.17, 15) is 0 Å². The summed E-state index contributed by atoms with van der Waals surface area (Å²) in [6, 6.07) is 0. The van der Waals surface area contributed by atoms with Crippen LogP contribution in [-0.2, 0) is 0 Å². The van der Waals surface area contributed by atoms with Crippen molar-refractivity contribution in [2.24, 2.45) is 0 Å². The van der Waals surface area contributed by atoms with E-state index < -0.39 is 0 Å². The summed E-state index contributed by atoms with van der Waals surface area (Å²) in [6.45, 7) is 0. The van der Waals surface area contributed by atoms with Gasteiger partial charge >= 0.3 is 0 Å². The molecular weight excluding hydrogens is 174 g/mol. The molecule has 1 rings (SSSR count). The Hall–Kier alpha value is 2.23. The molecule has 0 saturated heterocycles. The second-order valence-corrected chi connectivity index (χ2v) is 1.54. The third kappa shape index (κ3) is 8.33. The number of hydrogen-bond donors (Lipinski definition) is 0. The molecule has 0 aliphatic heterocycles. The Morgan fingerprint density at radius 2 is 0.400 bits per heavy atom. The van der Waals surface area contributed by atoms with Gasteiger partial charge in [-0.1, -0.05) is 48.6 Å². The maximum absolute atomic E-state index is 2.00. The third-order valence-electron chi connectivity index (χ3n) is 0.889. The van der Waals surface area contributed by atoms with Crippen LogP contribution < -0.4 is 0 Å². The molecule has 42 valence electrons. The van der Waals surface area contributed by atoms with E-state index >= 15 is 0 Å². The molecule has 0 heterocycles. The molecule has 1 aliphatic rings. The Balaban J connectivity index is 0. The molecule has 0 N–H and O–H groups in total. The largest absolute Gasteiger partial charge is 0.0623 e. The Labute approximate surface area is 147 Å². The average molecular weight is 182 g/mol. The van der Waals surface area contributed by atoms with Gasteiger partial charge in [-0.25, -0.2) is 0 Å². The molecule has 10 heavy (non-hydrogen) atoms. The summed E-state index contributed by atoms with van der Waals surface area (Å²) in [7, 11) is 0. The van der Waals surface area contributed by atoms with Crippen molar-refractivity contribution in [3.05, 3.63) is 48.6 Å². The van der Waals surface area contributed by atoms with Crippen molar-refractivity contribution in [3.63, 3.8) is 0 Å². The molecule has 0 spiro atoms. The fraction of sp³-hybridized carbons (Fsp3) is 0. The van der Waals surface area contributed by atoms with Crippen molar-refractivity contribution in [2.75, 3.05) is 0 Å². The van der Waals surface area contributed by atoms with Crippen LogP contribution in [0.1, 0.15) is 0 Å². The predicted molar refractivity (Wildman–Crippen MR) is 48.1 cm³/mol. The summed E-state index contributed by atoms with van der Waals surface area (Å²) in [5, 5.41) is 0. The number of allylic oxidation sites excluding steroid dienone is 8. The Morgan fingerprint density at radius 1 is 0.300 bits per heavy atom. The van der Waals surface area contributed by atoms with Gasteiger partial charge in [0.2, 0.25) is 0 Å². The fourth-order valence-corrected chi connectivity index (χ4v) is 0.513. The first-order valence-electron chi connectivity index (χ1n) is 2.67. The summed E-state index contributed by atoms with van der Waals surface area (Å²) >= 11 is 0. The van der Waals surface area contributed by atoms with Gasteiger partial charge in [-0.3, -0.25) is 0 Å². The van der Waals surface area contributed by atoms with E-state index in [0.717, 1.165) is 0 Å². The van der Waals surface area contributed by atoms with Gasteiger partial charge < -0.3 is 0 Å². The molecule has 0 atom stereocenters. The van der Waals surface area contributed by atoms with Crippen LogP contribution in [0.5, 0.6) is 0 Å². The van der Waals surface area contributed by atoms with Crippen molar-refractivity contribution < 1.29 is 0 Å². The second kappa shape index (κ2) is 11.2. The van der Waals surface area contributed by atoms with E-state index in [2.05, 4.69) is 0 Å². The zero-order valence-electron chi connectivity index (χ0n) is 6.62. The van der Waals surface area contributed by atoms with Crippen molar-refractivity contribution in [1.29, 1.82) is 0 Å². The van der Waals surface area contributed by atoms with Crippen molar-refractivity contribution in [2.45, 2.75) is 0 Å². The van der Waals surface area contributed by atoms with Crippen molar-refractivity contribution >= 4 is 103 Å². The van der Waals surface area contributed by atoms with Crippen LogP contribution in [0, 0.1) is 0 Å². The van der Waals surface area contributed by atoms with Gasteiger partial charge in [0.1, 0.15) is 0 Å². The first-order chi connectivity index (χ1) is 4.00. The molecule has 0 unspecified atom stereocenters. The van der Waals surface area contributed by atoms with E-state index in [-0.39, 0.29) is 103 Å². The molecule has 0 aromatic carbocycles. The minimum absolute atomic E-state index is 0. The minimum atomic E-state index is 0. The summed E-state index contributed by atoms with van der Waals surface area (Å²) in [5.74, 6) is 0. The molecular formula is C8H8K2. The number of rotatable bonds is 0. The van der Waals surface area contributed by atoms with Crippen LogP contribution in [0.15, 0.2) is 48.6 Å². The second-order valence-electron chi connectivity index (χ2n) is 1.54. The van der Waals surface area contributed by atoms with Gasteiger partial charge in [0.15, 0.2) is 0 Å². The normalized spacial score (nSPS) is 25.6. The van der Waals surface area contributed by atoms with Gasteiger partial charge in [-0.2, -0.15) is 0 Å². The summed E-state index contributed by atoms with van der Waals surface area (Å²) in [4.78, 5) is 0. The first-order valence-corrected chi connectivity index (χ1v) is 2.67. The Morgan fingerprint density at radius 3 is 0.500 bits per heavy atom. The van der Waals surface area contributed by atoms with E-state index in [1.165, 1.54) is 0 Å². The molecule has 0 nitrogen and oxygen atoms in total. The molecule has 2 heteroatoms. The standard InChI is InChI=1S/C8H8.2K/c1-2-4-6-8-7-5-3-1;;/h1-8H;;/b2-1-,3-1?,4-2?,5-3-,6-4-,7-5?,8-6?,8-7-;;. The van der Waals surface area contributed by atoms with Crippen molar-refractivity contribution in [3.8, 4) is 0 Å². The topological polar surface area (TPSA) is 0 Å². The third-order valence-corrected chi connectivity index (χ3v) is 0.889. The Kier molecular flexibility index (Phi) is 16.6. The fourth-order valence-electron chi connectivity index (χ4n) is 0.513. The maximum Gasteiger partial charge on any atom is 0 e. The van der Waals surface area contributed by atoms with Crippen molar-refractivity contribution in [1.82, 2.24) is 0 Å². The molecule has 0 saturated carbocycles. The van der Waals surface area contributed by atoms with Crippen LogP contribution >= 0.6 is 0 Å². The monoisotopic (exact) mass is 182 g/mol. The molecule has 0 fully saturated rings. The maximum atomic E-state index is 2.00. The van der Waals surface area contributed by atoms with E-state index in [1.807, 2.05) is 48.6 Å². The smallest absolute Gasteiger partial charge is 0 e. The van der Waals surface area contributed by atoms with Crippen LogP contribution in [0.3, 0.4) is 0 Å². The molecule has 2 radical (unpaired) electrons. The average Bonchev–Trinajstić information content (AvgIpc) is 1.62. The molecule has 0 amide bonds. The first kappa shape index (κ1) is 14.7. The summed E-state index contributed by atoms with van der Waals surface area (Å²) in [6.07, 6.45) is 16.0. The predicted octanol–water partition coefficient (Wildman–Crippen LogP) is 1.46. The minimum Gasteiger partial charge on any atom is -0.0623 e. The van der Waals surface area contributed by atoms with E-state index in [1.54, 1.807) is 0 Å². The summed E-state index contributed by atoms with van der Waals surface area (Å²) in [5.41, 5.74) is 0. The Bertz CT molecular complexity index is 108. The van der Waals surface area contributed by atoms with Gasteiger partial charge in [-0.05, 0) is 0 Å². The van der Waals surface area contributed by atoms with E-state index in [4.69, 9.17) is 0 Å².